The van der Waals surface area contributed by atoms with Crippen LogP contribution in [0.5, 0.6) is 0 Å². The maximum Gasteiger partial charge on any atom is 0.328 e. The molecule has 0 aliphatic rings. The van der Waals surface area contributed by atoms with Crippen LogP contribution in [0, 0.1) is 0 Å². The maximum absolute atomic E-state index is 11.3. The Hall–Kier alpha value is -2.32. The number of urea groups is 1. The lowest BCUT2D eigenvalue weighted by Crippen LogP contribution is -2.51. The zero-order valence-corrected chi connectivity index (χ0v) is 9.93. The Labute approximate surface area is 103 Å². The molecule has 102 valence electrons. The van der Waals surface area contributed by atoms with E-state index in [1.807, 2.05) is 5.32 Å². The van der Waals surface area contributed by atoms with E-state index < -0.39 is 42.4 Å². The van der Waals surface area contributed by atoms with Gasteiger partial charge in [0.15, 0.2) is 0 Å². The van der Waals surface area contributed by atoms with Crippen LogP contribution in [0.3, 0.4) is 0 Å². The van der Waals surface area contributed by atoms with E-state index in [9.17, 15) is 19.2 Å². The molecule has 0 aromatic carbocycles. The average Bonchev–Trinajstić information content (AvgIpc) is 2.25. The minimum atomic E-state index is -1.45. The molecule has 18 heavy (non-hydrogen) atoms. The maximum atomic E-state index is 11.3. The molecule has 0 spiro atoms. The number of hydrogen-bond acceptors (Lipinski definition) is 5. The van der Waals surface area contributed by atoms with Gasteiger partial charge in [0.05, 0.1) is 13.5 Å². The fourth-order valence-electron chi connectivity index (χ4n) is 1.03. The third-order valence-corrected chi connectivity index (χ3v) is 1.91. The van der Waals surface area contributed by atoms with Gasteiger partial charge in [0, 0.05) is 0 Å². The molecular formula is C9H15N3O6. The summed E-state index contributed by atoms with van der Waals surface area (Å²) in [5.74, 6) is -2.97. The number of carbonyl (C=O) groups is 4. The largest absolute Gasteiger partial charge is 0.480 e. The average molecular weight is 261 g/mol. The molecule has 0 heterocycles. The lowest BCUT2D eigenvalue weighted by Gasteiger charge is -2.16. The summed E-state index contributed by atoms with van der Waals surface area (Å²) >= 11 is 0. The van der Waals surface area contributed by atoms with Crippen molar-refractivity contribution in [1.82, 2.24) is 10.6 Å². The van der Waals surface area contributed by atoms with E-state index >= 15 is 0 Å². The minimum absolute atomic E-state index is 0.546. The van der Waals surface area contributed by atoms with Crippen molar-refractivity contribution in [2.24, 2.45) is 5.73 Å². The number of nitrogens with one attached hydrogen (secondary N) is 2. The van der Waals surface area contributed by atoms with Crippen molar-refractivity contribution in [2.45, 2.75) is 25.4 Å². The van der Waals surface area contributed by atoms with Crippen molar-refractivity contribution >= 4 is 23.9 Å². The smallest absolute Gasteiger partial charge is 0.328 e. The molecule has 2 atom stereocenters. The second kappa shape index (κ2) is 7.09. The second-order valence-electron chi connectivity index (χ2n) is 3.42. The van der Waals surface area contributed by atoms with Gasteiger partial charge in [-0.1, -0.05) is 0 Å². The third kappa shape index (κ3) is 5.68. The molecule has 0 radical (unpaired) electrons. The number of methoxy groups -OCH3 is 1. The summed E-state index contributed by atoms with van der Waals surface area (Å²) in [4.78, 5) is 43.6. The van der Waals surface area contributed by atoms with Crippen molar-refractivity contribution in [3.8, 4) is 0 Å². The predicted octanol–water partition coefficient (Wildman–Crippen LogP) is -1.82. The van der Waals surface area contributed by atoms with Crippen molar-refractivity contribution in [2.75, 3.05) is 7.11 Å². The SMILES string of the molecule is COC(=O)C(C)NC(=O)N[C@H](CC(N)=O)C(=O)O. The summed E-state index contributed by atoms with van der Waals surface area (Å²) < 4.78 is 4.36. The van der Waals surface area contributed by atoms with Crippen molar-refractivity contribution in [1.29, 1.82) is 0 Å². The van der Waals surface area contributed by atoms with Crippen LogP contribution < -0.4 is 16.4 Å². The van der Waals surface area contributed by atoms with Gasteiger partial charge in [0.2, 0.25) is 5.91 Å². The topological polar surface area (TPSA) is 148 Å². The van der Waals surface area contributed by atoms with Gasteiger partial charge in [-0.2, -0.15) is 0 Å². The number of carbonyl (C=O) groups excluding carboxylic acids is 3. The van der Waals surface area contributed by atoms with E-state index in [1.165, 1.54) is 6.92 Å². The zero-order valence-electron chi connectivity index (χ0n) is 9.93. The number of nitrogens with two attached hydrogens (primary N) is 1. The monoisotopic (exact) mass is 261 g/mol. The van der Waals surface area contributed by atoms with Gasteiger partial charge in [-0.25, -0.2) is 14.4 Å². The normalized spacial score (nSPS) is 13.0. The highest BCUT2D eigenvalue weighted by Gasteiger charge is 2.24. The molecule has 9 nitrogen and oxygen atoms in total. The van der Waals surface area contributed by atoms with Crippen LogP contribution >= 0.6 is 0 Å². The van der Waals surface area contributed by atoms with E-state index in [0.29, 0.717) is 0 Å². The van der Waals surface area contributed by atoms with Gasteiger partial charge in [-0.3, -0.25) is 4.79 Å². The molecule has 0 aromatic rings. The number of carboxylic acids is 1. The zero-order chi connectivity index (χ0) is 14.3. The number of amides is 3. The molecule has 9 heteroatoms. The molecule has 3 amide bonds. The van der Waals surface area contributed by atoms with E-state index in [4.69, 9.17) is 10.8 Å². The fourth-order valence-corrected chi connectivity index (χ4v) is 1.03. The second-order valence-corrected chi connectivity index (χ2v) is 3.42. The van der Waals surface area contributed by atoms with Crippen LogP contribution in [0.15, 0.2) is 0 Å². The first-order valence-electron chi connectivity index (χ1n) is 4.94. The fraction of sp³-hybridized carbons (Fsp3) is 0.556. The molecule has 0 rings (SSSR count). The van der Waals surface area contributed by atoms with Gasteiger partial charge in [0.25, 0.3) is 0 Å². The van der Waals surface area contributed by atoms with Crippen LogP contribution in [0.4, 0.5) is 4.79 Å². The van der Waals surface area contributed by atoms with Gasteiger partial charge < -0.3 is 26.2 Å². The molecule has 0 saturated heterocycles. The molecule has 5 N–H and O–H groups in total. The predicted molar refractivity (Wildman–Crippen MR) is 58.4 cm³/mol. The van der Waals surface area contributed by atoms with Crippen molar-refractivity contribution < 1.29 is 29.0 Å². The van der Waals surface area contributed by atoms with Crippen LogP contribution in [0.1, 0.15) is 13.3 Å². The number of esters is 1. The number of rotatable bonds is 6. The quantitative estimate of drug-likeness (QED) is 0.413. The van der Waals surface area contributed by atoms with Crippen LogP contribution in [0.25, 0.3) is 0 Å². The molecule has 1 unspecified atom stereocenters. The Morgan fingerprint density at radius 3 is 2.22 bits per heavy atom. The Kier molecular flexibility index (Phi) is 6.18. The minimum Gasteiger partial charge on any atom is -0.480 e. The van der Waals surface area contributed by atoms with Crippen molar-refractivity contribution in [3.63, 3.8) is 0 Å². The summed E-state index contributed by atoms with van der Waals surface area (Å²) in [5, 5.41) is 12.9. The number of ether oxygens (including phenoxy) is 1. The Morgan fingerprint density at radius 2 is 1.83 bits per heavy atom. The molecule has 0 fully saturated rings. The highest BCUT2D eigenvalue weighted by molar-refractivity contribution is 5.89. The lowest BCUT2D eigenvalue weighted by molar-refractivity contribution is -0.142. The first-order chi connectivity index (χ1) is 8.27. The van der Waals surface area contributed by atoms with Gasteiger partial charge in [-0.15, -0.1) is 0 Å². The Bertz CT molecular complexity index is 356. The molecule has 0 aliphatic carbocycles. The molecule has 0 bridgehead atoms. The summed E-state index contributed by atoms with van der Waals surface area (Å²) in [5.41, 5.74) is 4.83. The van der Waals surface area contributed by atoms with E-state index in [-0.39, 0.29) is 0 Å². The van der Waals surface area contributed by atoms with Gasteiger partial charge in [-0.05, 0) is 6.92 Å². The third-order valence-electron chi connectivity index (χ3n) is 1.91. The van der Waals surface area contributed by atoms with Crippen LogP contribution in [0.2, 0.25) is 0 Å². The summed E-state index contributed by atoms with van der Waals surface area (Å²) in [6, 6.07) is -3.31. The first kappa shape index (κ1) is 15.7. The van der Waals surface area contributed by atoms with Gasteiger partial charge in [0.1, 0.15) is 12.1 Å². The van der Waals surface area contributed by atoms with E-state index in [2.05, 4.69) is 10.1 Å². The highest BCUT2D eigenvalue weighted by Crippen LogP contribution is 1.93. The van der Waals surface area contributed by atoms with Gasteiger partial charge >= 0.3 is 18.0 Å². The first-order valence-corrected chi connectivity index (χ1v) is 4.94. The molecule has 0 aromatic heterocycles. The number of hydrogen-bond donors (Lipinski definition) is 4. The van der Waals surface area contributed by atoms with E-state index in [0.717, 1.165) is 7.11 Å². The molecular weight excluding hydrogens is 246 g/mol. The number of primary amides is 1. The molecule has 0 saturated carbocycles. The summed E-state index contributed by atoms with van der Waals surface area (Å²) in [6.45, 7) is 1.36. The van der Waals surface area contributed by atoms with E-state index in [1.54, 1.807) is 0 Å². The summed E-state index contributed by atoms with van der Waals surface area (Å²) in [7, 11) is 1.14. The standard InChI is InChI=1S/C9H15N3O6/c1-4(8(16)18-2)11-9(17)12-5(7(14)15)3-6(10)13/h4-5H,3H2,1-2H3,(H2,10,13)(H,14,15)(H2,11,12,17)/t4?,5-/m1/s1. The Balaban J connectivity index is 4.38. The van der Waals surface area contributed by atoms with Crippen LogP contribution in [-0.2, 0) is 19.1 Å². The van der Waals surface area contributed by atoms with Crippen LogP contribution in [-0.4, -0.2) is 48.2 Å². The molecule has 0 aliphatic heterocycles. The number of carboxylic acid groups (broad SMARTS) is 1. The number of aliphatic carboxylic acids is 1. The summed E-state index contributed by atoms with van der Waals surface area (Å²) in [6.07, 6.45) is -0.546. The highest BCUT2D eigenvalue weighted by atomic mass is 16.5. The Morgan fingerprint density at radius 1 is 1.28 bits per heavy atom. The lowest BCUT2D eigenvalue weighted by atomic mass is 10.2. The van der Waals surface area contributed by atoms with Crippen molar-refractivity contribution in [3.05, 3.63) is 0 Å².